The van der Waals surface area contributed by atoms with E-state index in [1.54, 1.807) is 18.2 Å². The fourth-order valence-electron chi connectivity index (χ4n) is 2.58. The number of carbonyl (C=O) groups excluding carboxylic acids is 2. The first kappa shape index (κ1) is 21.9. The van der Waals surface area contributed by atoms with Gasteiger partial charge in [-0.2, -0.15) is 0 Å². The van der Waals surface area contributed by atoms with E-state index < -0.39 is 29.7 Å². The van der Waals surface area contributed by atoms with Crippen LogP contribution in [0.25, 0.3) is 0 Å². The Balaban J connectivity index is 2.03. The number of hydrogen-bond acceptors (Lipinski definition) is 5. The lowest BCUT2D eigenvalue weighted by Gasteiger charge is -2.19. The van der Waals surface area contributed by atoms with Crippen molar-refractivity contribution in [2.45, 2.75) is 32.3 Å². The van der Waals surface area contributed by atoms with Crippen molar-refractivity contribution in [2.75, 3.05) is 5.32 Å². The third-order valence-electron chi connectivity index (χ3n) is 4.11. The van der Waals surface area contributed by atoms with Gasteiger partial charge in [0, 0.05) is 11.8 Å². The predicted molar refractivity (Wildman–Crippen MR) is 105 cm³/mol. The molecule has 7 nitrogen and oxygen atoms in total. The van der Waals surface area contributed by atoms with E-state index in [-0.39, 0.29) is 0 Å². The molecule has 1 atom stereocenters. The molecule has 2 aromatic carbocycles. The minimum absolute atomic E-state index is 0.358. The molecule has 0 aromatic heterocycles. The van der Waals surface area contributed by atoms with E-state index in [0.29, 0.717) is 30.5 Å². The van der Waals surface area contributed by atoms with Crippen molar-refractivity contribution < 1.29 is 29.0 Å². The highest BCUT2D eigenvalue weighted by molar-refractivity contribution is 5.86. The lowest BCUT2D eigenvalue weighted by Crippen LogP contribution is -2.18. The quantitative estimate of drug-likeness (QED) is 0.227. The summed E-state index contributed by atoms with van der Waals surface area (Å²) in [6.07, 6.45) is 2.66. The summed E-state index contributed by atoms with van der Waals surface area (Å²) < 4.78 is 19.2. The first-order valence-corrected chi connectivity index (χ1v) is 9.02. The topological polar surface area (TPSA) is 108 Å². The molecule has 0 aliphatic heterocycles. The smallest absolute Gasteiger partial charge is 0.412 e. The van der Waals surface area contributed by atoms with Crippen LogP contribution in [0.3, 0.4) is 0 Å². The molecule has 0 unspecified atom stereocenters. The number of carbonyl (C=O) groups is 2. The van der Waals surface area contributed by atoms with E-state index in [1.807, 2.05) is 19.1 Å². The number of hydroxylamine groups is 1. The summed E-state index contributed by atoms with van der Waals surface area (Å²) in [5.74, 6) is -1.94. The van der Waals surface area contributed by atoms with Gasteiger partial charge in [-0.15, -0.1) is 0 Å². The number of nitrogens with one attached hydrogen (secondary N) is 2. The average Bonchev–Trinajstić information content (AvgIpc) is 2.70. The van der Waals surface area contributed by atoms with Gasteiger partial charge in [-0.05, 0) is 56.0 Å². The van der Waals surface area contributed by atoms with Crippen LogP contribution in [0.15, 0.2) is 54.6 Å². The van der Waals surface area contributed by atoms with Gasteiger partial charge in [0.15, 0.2) is 11.6 Å². The SMILES string of the molecule is Cc1ccc(NC(=O)O[C@@H](CCC/C=C/C(=O)NO)c2ccc(O)c(F)c2)cc1. The lowest BCUT2D eigenvalue weighted by atomic mass is 10.0. The molecule has 8 heteroatoms. The predicted octanol–water partition coefficient (Wildman–Crippen LogP) is 4.36. The second-order valence-electron chi connectivity index (χ2n) is 6.41. The number of allylic oxidation sites excluding steroid dienone is 1. The van der Waals surface area contributed by atoms with Gasteiger partial charge in [0.1, 0.15) is 6.10 Å². The number of rotatable bonds is 8. The lowest BCUT2D eigenvalue weighted by molar-refractivity contribution is -0.124. The van der Waals surface area contributed by atoms with E-state index >= 15 is 0 Å². The maximum atomic E-state index is 13.7. The molecular weight excluding hydrogens is 379 g/mol. The Morgan fingerprint density at radius 1 is 1.21 bits per heavy atom. The number of phenols is 1. The van der Waals surface area contributed by atoms with E-state index in [0.717, 1.165) is 11.6 Å². The summed E-state index contributed by atoms with van der Waals surface area (Å²) in [6, 6.07) is 11.0. The van der Waals surface area contributed by atoms with Crippen molar-refractivity contribution in [2.24, 2.45) is 0 Å². The molecule has 0 heterocycles. The first-order valence-electron chi connectivity index (χ1n) is 9.02. The Morgan fingerprint density at radius 2 is 1.93 bits per heavy atom. The Labute approximate surface area is 167 Å². The van der Waals surface area contributed by atoms with Crippen LogP contribution in [0.4, 0.5) is 14.9 Å². The maximum absolute atomic E-state index is 13.7. The van der Waals surface area contributed by atoms with Gasteiger partial charge in [-0.3, -0.25) is 15.3 Å². The minimum Gasteiger partial charge on any atom is -0.505 e. The largest absolute Gasteiger partial charge is 0.505 e. The van der Waals surface area contributed by atoms with Gasteiger partial charge in [-0.25, -0.2) is 14.7 Å². The Morgan fingerprint density at radius 3 is 2.59 bits per heavy atom. The van der Waals surface area contributed by atoms with Crippen LogP contribution in [-0.2, 0) is 9.53 Å². The number of aryl methyl sites for hydroxylation is 1. The Kier molecular flexibility index (Phi) is 8.17. The molecule has 4 N–H and O–H groups in total. The van der Waals surface area contributed by atoms with Crippen LogP contribution in [0.5, 0.6) is 5.75 Å². The van der Waals surface area contributed by atoms with Gasteiger partial charge in [0.05, 0.1) is 0 Å². The average molecular weight is 402 g/mol. The van der Waals surface area contributed by atoms with E-state index in [4.69, 9.17) is 9.94 Å². The highest BCUT2D eigenvalue weighted by atomic mass is 19.1. The fraction of sp³-hybridized carbons (Fsp3) is 0.238. The molecule has 2 rings (SSSR count). The zero-order chi connectivity index (χ0) is 21.2. The van der Waals surface area contributed by atoms with Gasteiger partial charge in [-0.1, -0.05) is 29.8 Å². The zero-order valence-electron chi connectivity index (χ0n) is 15.9. The number of ether oxygens (including phenoxy) is 1. The van der Waals surface area contributed by atoms with Crippen molar-refractivity contribution >= 4 is 17.7 Å². The zero-order valence-corrected chi connectivity index (χ0v) is 15.9. The minimum atomic E-state index is -0.811. The Hall–Kier alpha value is -3.39. The Bertz CT molecular complexity index is 868. The molecule has 2 aromatic rings. The molecule has 0 aliphatic rings. The van der Waals surface area contributed by atoms with Crippen molar-refractivity contribution in [1.82, 2.24) is 5.48 Å². The molecule has 0 saturated carbocycles. The second-order valence-corrected chi connectivity index (χ2v) is 6.41. The molecule has 0 spiro atoms. The molecular formula is C21H23FN2O5. The van der Waals surface area contributed by atoms with Crippen molar-refractivity contribution in [1.29, 1.82) is 0 Å². The number of benzene rings is 2. The summed E-state index contributed by atoms with van der Waals surface area (Å²) in [6.45, 7) is 1.93. The summed E-state index contributed by atoms with van der Waals surface area (Å²) >= 11 is 0. The van der Waals surface area contributed by atoms with Gasteiger partial charge < -0.3 is 9.84 Å². The number of hydrogen-bond donors (Lipinski definition) is 4. The second kappa shape index (κ2) is 10.8. The van der Waals surface area contributed by atoms with Gasteiger partial charge >= 0.3 is 6.09 Å². The van der Waals surface area contributed by atoms with Crippen LogP contribution >= 0.6 is 0 Å². The highest BCUT2D eigenvalue weighted by Gasteiger charge is 2.18. The van der Waals surface area contributed by atoms with E-state index in [1.165, 1.54) is 23.7 Å². The number of phenolic OH excluding ortho intramolecular Hbond substituents is 1. The molecule has 0 aliphatic carbocycles. The maximum Gasteiger partial charge on any atom is 0.412 e. The molecule has 29 heavy (non-hydrogen) atoms. The van der Waals surface area contributed by atoms with Crippen LogP contribution in [0, 0.1) is 12.7 Å². The molecule has 0 bridgehead atoms. The van der Waals surface area contributed by atoms with Gasteiger partial charge in [0.25, 0.3) is 5.91 Å². The summed E-state index contributed by atoms with van der Waals surface area (Å²) in [5.41, 5.74) is 3.50. The van der Waals surface area contributed by atoms with Crippen LogP contribution in [0.1, 0.15) is 36.5 Å². The molecule has 0 saturated heterocycles. The summed E-state index contributed by atoms with van der Waals surface area (Å²) in [7, 11) is 0. The third kappa shape index (κ3) is 7.27. The van der Waals surface area contributed by atoms with Crippen molar-refractivity contribution in [3.05, 3.63) is 71.6 Å². The van der Waals surface area contributed by atoms with Crippen LogP contribution < -0.4 is 10.8 Å². The number of amides is 2. The number of unbranched alkanes of at least 4 members (excludes halogenated alkanes) is 1. The van der Waals surface area contributed by atoms with E-state index in [2.05, 4.69) is 5.32 Å². The van der Waals surface area contributed by atoms with Gasteiger partial charge in [0.2, 0.25) is 0 Å². The highest BCUT2D eigenvalue weighted by Crippen LogP contribution is 2.28. The van der Waals surface area contributed by atoms with Crippen LogP contribution in [-0.4, -0.2) is 22.3 Å². The van der Waals surface area contributed by atoms with E-state index in [9.17, 15) is 19.1 Å². The summed E-state index contributed by atoms with van der Waals surface area (Å²) in [4.78, 5) is 23.2. The third-order valence-corrected chi connectivity index (χ3v) is 4.11. The number of anilines is 1. The fourth-order valence-corrected chi connectivity index (χ4v) is 2.58. The number of aromatic hydroxyl groups is 1. The molecule has 154 valence electrons. The van der Waals surface area contributed by atoms with Crippen LogP contribution in [0.2, 0.25) is 0 Å². The van der Waals surface area contributed by atoms with Crippen molar-refractivity contribution in [3.63, 3.8) is 0 Å². The van der Waals surface area contributed by atoms with Crippen molar-refractivity contribution in [3.8, 4) is 5.75 Å². The molecule has 2 amide bonds. The monoisotopic (exact) mass is 402 g/mol. The number of halogens is 1. The first-order chi connectivity index (χ1) is 13.9. The normalized spacial score (nSPS) is 11.8. The molecule has 0 radical (unpaired) electrons. The summed E-state index contributed by atoms with van der Waals surface area (Å²) in [5, 5.41) is 20.4. The molecule has 0 fully saturated rings. The standard InChI is InChI=1S/C21H23FN2O5/c1-14-7-10-16(11-8-14)23-21(27)29-19(5-3-2-4-6-20(26)24-28)15-9-12-18(25)17(22)13-15/h4,6-13,19,25,28H,2-3,5H2,1H3,(H,23,27)(H,24,26)/b6-4+/t19-/m0/s1.